The van der Waals surface area contributed by atoms with E-state index in [1.165, 1.54) is 6.42 Å². The molecule has 0 bridgehead atoms. The van der Waals surface area contributed by atoms with Crippen molar-refractivity contribution < 1.29 is 9.92 Å². The number of nitrogens with zero attached hydrogens (tertiary/aromatic N) is 1. The number of rotatable bonds is 3. The molecule has 1 rings (SSSR count). The van der Waals surface area contributed by atoms with Crippen LogP contribution in [-0.2, 0) is 4.84 Å². The molecule has 1 saturated carbocycles. The van der Waals surface area contributed by atoms with Gasteiger partial charge in [0.1, 0.15) is 6.10 Å². The lowest BCUT2D eigenvalue weighted by Crippen LogP contribution is -2.35. The molecule has 0 unspecified atom stereocenters. The molecule has 82 valence electrons. The van der Waals surface area contributed by atoms with E-state index in [0.717, 1.165) is 12.8 Å². The summed E-state index contributed by atoms with van der Waals surface area (Å²) in [6.07, 6.45) is 2.86. The summed E-state index contributed by atoms with van der Waals surface area (Å²) in [5.74, 6) is 1.36. The van der Waals surface area contributed by atoms with Crippen LogP contribution in [0.1, 0.15) is 40.0 Å². The minimum atomic E-state index is -0.641. The van der Waals surface area contributed by atoms with E-state index in [1.807, 2.05) is 0 Å². The molecule has 0 radical (unpaired) electrons. The maximum atomic E-state index is 10.3. The molecule has 4 heteroatoms. The molecule has 1 fully saturated rings. The highest BCUT2D eigenvalue weighted by Crippen LogP contribution is 2.35. The molecule has 0 aromatic heterocycles. The van der Waals surface area contributed by atoms with Gasteiger partial charge < -0.3 is 4.84 Å². The smallest absolute Gasteiger partial charge is 0.294 e. The lowest BCUT2D eigenvalue weighted by atomic mass is 9.75. The zero-order valence-electron chi connectivity index (χ0n) is 9.10. The van der Waals surface area contributed by atoms with Crippen LogP contribution in [0.25, 0.3) is 0 Å². The largest absolute Gasteiger partial charge is 0.310 e. The van der Waals surface area contributed by atoms with Crippen molar-refractivity contribution in [3.05, 3.63) is 10.1 Å². The maximum Gasteiger partial charge on any atom is 0.294 e. The second-order valence-corrected chi connectivity index (χ2v) is 4.69. The van der Waals surface area contributed by atoms with Gasteiger partial charge >= 0.3 is 0 Å². The van der Waals surface area contributed by atoms with E-state index in [-0.39, 0.29) is 6.10 Å². The summed E-state index contributed by atoms with van der Waals surface area (Å²) < 4.78 is 0. The van der Waals surface area contributed by atoms with Gasteiger partial charge in [-0.3, -0.25) is 0 Å². The van der Waals surface area contributed by atoms with Crippen LogP contribution in [0.4, 0.5) is 0 Å². The average Bonchev–Trinajstić information content (AvgIpc) is 2.01. The highest BCUT2D eigenvalue weighted by atomic mass is 17.0. The second kappa shape index (κ2) is 4.62. The predicted octanol–water partition coefficient (Wildman–Crippen LogP) is 2.66. The standard InChI is InChI=1S/C10H19NO3/c1-7(2)9-5-4-8(3)6-10(9)14-11(12)13/h7-10H,4-6H2,1-3H3/t8-,9+,10-/m1/s1. The zero-order valence-corrected chi connectivity index (χ0v) is 9.10. The van der Waals surface area contributed by atoms with Gasteiger partial charge in [-0.25, -0.2) is 0 Å². The Kier molecular flexibility index (Phi) is 3.72. The summed E-state index contributed by atoms with van der Waals surface area (Å²) in [5.41, 5.74) is 0. The summed E-state index contributed by atoms with van der Waals surface area (Å²) in [6, 6.07) is 0. The molecule has 0 aromatic rings. The van der Waals surface area contributed by atoms with Crippen LogP contribution in [0, 0.1) is 27.9 Å². The molecule has 1 aliphatic carbocycles. The molecule has 0 aliphatic heterocycles. The first kappa shape index (κ1) is 11.3. The van der Waals surface area contributed by atoms with Gasteiger partial charge in [-0.2, -0.15) is 0 Å². The molecule has 0 saturated heterocycles. The number of hydrogen-bond acceptors (Lipinski definition) is 3. The van der Waals surface area contributed by atoms with Gasteiger partial charge in [0.05, 0.1) is 0 Å². The van der Waals surface area contributed by atoms with Crippen LogP contribution in [-0.4, -0.2) is 11.2 Å². The Morgan fingerprint density at radius 2 is 2.07 bits per heavy atom. The Labute approximate surface area is 84.7 Å². The van der Waals surface area contributed by atoms with Crippen molar-refractivity contribution in [2.45, 2.75) is 46.1 Å². The Morgan fingerprint density at radius 3 is 2.57 bits per heavy atom. The molecule has 0 N–H and O–H groups in total. The fraction of sp³-hybridized carbons (Fsp3) is 1.00. The first-order valence-electron chi connectivity index (χ1n) is 5.32. The Morgan fingerprint density at radius 1 is 1.43 bits per heavy atom. The summed E-state index contributed by atoms with van der Waals surface area (Å²) >= 11 is 0. The first-order chi connectivity index (χ1) is 6.50. The van der Waals surface area contributed by atoms with Crippen molar-refractivity contribution in [1.29, 1.82) is 0 Å². The SMILES string of the molecule is CC(C)[C@@H]1CC[C@@H](C)C[C@H]1O[N+](=O)[O-]. The Hall–Kier alpha value is -0.800. The van der Waals surface area contributed by atoms with E-state index in [2.05, 4.69) is 20.8 Å². The second-order valence-electron chi connectivity index (χ2n) is 4.69. The molecular weight excluding hydrogens is 182 g/mol. The normalized spacial score (nSPS) is 33.0. The third kappa shape index (κ3) is 2.86. The van der Waals surface area contributed by atoms with Crippen LogP contribution >= 0.6 is 0 Å². The van der Waals surface area contributed by atoms with Crippen molar-refractivity contribution in [1.82, 2.24) is 0 Å². The van der Waals surface area contributed by atoms with Crippen LogP contribution in [0.2, 0.25) is 0 Å². The van der Waals surface area contributed by atoms with Crippen LogP contribution in [0.5, 0.6) is 0 Å². The molecule has 14 heavy (non-hydrogen) atoms. The van der Waals surface area contributed by atoms with E-state index in [0.29, 0.717) is 17.8 Å². The quantitative estimate of drug-likeness (QED) is 0.521. The van der Waals surface area contributed by atoms with Gasteiger partial charge in [0, 0.05) is 0 Å². The van der Waals surface area contributed by atoms with E-state index < -0.39 is 5.09 Å². The van der Waals surface area contributed by atoms with Crippen LogP contribution < -0.4 is 0 Å². The summed E-state index contributed by atoms with van der Waals surface area (Å²) in [6.45, 7) is 6.35. The van der Waals surface area contributed by atoms with Gasteiger partial charge in [0.2, 0.25) is 0 Å². The minimum absolute atomic E-state index is 0.186. The lowest BCUT2D eigenvalue weighted by Gasteiger charge is -2.35. The topological polar surface area (TPSA) is 52.4 Å². The van der Waals surface area contributed by atoms with E-state index in [9.17, 15) is 10.1 Å². The molecule has 0 aromatic carbocycles. The molecule has 0 heterocycles. The van der Waals surface area contributed by atoms with Gasteiger partial charge in [-0.15, -0.1) is 10.1 Å². The molecule has 0 amide bonds. The molecular formula is C10H19NO3. The van der Waals surface area contributed by atoms with Gasteiger partial charge in [0.15, 0.2) is 0 Å². The Balaban J connectivity index is 2.58. The monoisotopic (exact) mass is 201 g/mol. The van der Waals surface area contributed by atoms with Crippen molar-refractivity contribution in [3.8, 4) is 0 Å². The van der Waals surface area contributed by atoms with E-state index >= 15 is 0 Å². The van der Waals surface area contributed by atoms with Crippen LogP contribution in [0.15, 0.2) is 0 Å². The summed E-state index contributed by atoms with van der Waals surface area (Å²) in [4.78, 5) is 15.1. The van der Waals surface area contributed by atoms with Gasteiger partial charge in [0.25, 0.3) is 5.09 Å². The maximum absolute atomic E-state index is 10.3. The van der Waals surface area contributed by atoms with Crippen molar-refractivity contribution in [2.75, 3.05) is 0 Å². The van der Waals surface area contributed by atoms with E-state index in [1.54, 1.807) is 0 Å². The van der Waals surface area contributed by atoms with Gasteiger partial charge in [-0.1, -0.05) is 27.2 Å². The fourth-order valence-electron chi connectivity index (χ4n) is 2.35. The first-order valence-corrected chi connectivity index (χ1v) is 5.32. The molecule has 1 aliphatic rings. The molecule has 0 spiro atoms. The van der Waals surface area contributed by atoms with Crippen molar-refractivity contribution in [2.24, 2.45) is 17.8 Å². The van der Waals surface area contributed by atoms with E-state index in [4.69, 9.17) is 4.84 Å². The highest BCUT2D eigenvalue weighted by Gasteiger charge is 2.33. The third-order valence-corrected chi connectivity index (χ3v) is 3.18. The van der Waals surface area contributed by atoms with Gasteiger partial charge in [-0.05, 0) is 30.6 Å². The molecule has 3 atom stereocenters. The van der Waals surface area contributed by atoms with Crippen molar-refractivity contribution in [3.63, 3.8) is 0 Å². The average molecular weight is 201 g/mol. The van der Waals surface area contributed by atoms with Crippen molar-refractivity contribution >= 4 is 0 Å². The highest BCUT2D eigenvalue weighted by molar-refractivity contribution is 4.80. The summed E-state index contributed by atoms with van der Waals surface area (Å²) in [7, 11) is 0. The summed E-state index contributed by atoms with van der Waals surface area (Å²) in [5, 5.41) is 9.68. The zero-order chi connectivity index (χ0) is 10.7. The lowest BCUT2D eigenvalue weighted by molar-refractivity contribution is -0.771. The molecule has 4 nitrogen and oxygen atoms in total. The Bertz CT molecular complexity index is 206. The third-order valence-electron chi connectivity index (χ3n) is 3.18. The minimum Gasteiger partial charge on any atom is -0.310 e. The van der Waals surface area contributed by atoms with Crippen LogP contribution in [0.3, 0.4) is 0 Å². The fourth-order valence-corrected chi connectivity index (χ4v) is 2.35. The predicted molar refractivity (Wildman–Crippen MR) is 53.2 cm³/mol. The number of hydrogen-bond donors (Lipinski definition) is 0.